The molecule has 0 amide bonds. The van der Waals surface area contributed by atoms with Gasteiger partial charge in [-0.15, -0.1) is 0 Å². The molecule has 0 aromatic rings. The van der Waals surface area contributed by atoms with E-state index < -0.39 is 0 Å². The third-order valence-corrected chi connectivity index (χ3v) is 2.38. The summed E-state index contributed by atoms with van der Waals surface area (Å²) >= 11 is 0. The lowest BCUT2D eigenvalue weighted by Gasteiger charge is -2.02. The van der Waals surface area contributed by atoms with Gasteiger partial charge in [0, 0.05) is 18.9 Å². The second-order valence-corrected chi connectivity index (χ2v) is 4.27. The van der Waals surface area contributed by atoms with E-state index in [2.05, 4.69) is 35.9 Å². The van der Waals surface area contributed by atoms with Crippen LogP contribution in [0.25, 0.3) is 0 Å². The summed E-state index contributed by atoms with van der Waals surface area (Å²) in [6.45, 7) is 4.51. The Morgan fingerprint density at radius 3 is 2.83 bits per heavy atom. The molecule has 0 radical (unpaired) electrons. The van der Waals surface area contributed by atoms with E-state index in [0.717, 1.165) is 12.0 Å². The minimum Gasteiger partial charge on any atom is -0.0930 e. The van der Waals surface area contributed by atoms with E-state index in [1.165, 1.54) is 19.3 Å². The predicted octanol–water partition coefficient (Wildman–Crippen LogP) is 2.56. The van der Waals surface area contributed by atoms with Crippen LogP contribution in [0.4, 0.5) is 0 Å². The van der Waals surface area contributed by atoms with Gasteiger partial charge in [0.05, 0.1) is 0 Å². The highest BCUT2D eigenvalue weighted by Crippen LogP contribution is 2.27. The fraction of sp³-hybridized carbons (Fsp3) is 0.800. The maximum atomic E-state index is 4.61. The van der Waals surface area contributed by atoms with Crippen molar-refractivity contribution in [2.45, 2.75) is 45.2 Å². The lowest BCUT2D eigenvalue weighted by atomic mass is 10.1. The van der Waals surface area contributed by atoms with Gasteiger partial charge in [0.15, 0.2) is 12.2 Å². The van der Waals surface area contributed by atoms with E-state index in [0.29, 0.717) is 6.04 Å². The molecule has 1 fully saturated rings. The van der Waals surface area contributed by atoms with Gasteiger partial charge in [-0.25, -0.2) is 0 Å². The van der Waals surface area contributed by atoms with Gasteiger partial charge in [-0.2, -0.15) is 0 Å². The van der Waals surface area contributed by atoms with Gasteiger partial charge in [0.25, 0.3) is 0 Å². The van der Waals surface area contributed by atoms with Crippen LogP contribution < -0.4 is 0 Å². The van der Waals surface area contributed by atoms with Crippen LogP contribution in [0.15, 0.2) is 17.4 Å². The molecule has 0 saturated heterocycles. The molecule has 0 spiro atoms. The van der Waals surface area contributed by atoms with Crippen molar-refractivity contribution in [3.63, 3.8) is 0 Å². The van der Waals surface area contributed by atoms with Crippen LogP contribution >= 0.6 is 0 Å². The fourth-order valence-electron chi connectivity index (χ4n) is 1.60. The lowest BCUT2D eigenvalue weighted by molar-refractivity contribution is -0.539. The van der Waals surface area contributed by atoms with Gasteiger partial charge in [-0.1, -0.05) is 18.5 Å². The smallest absolute Gasteiger partial charge is 0.0930 e. The van der Waals surface area contributed by atoms with Crippen molar-refractivity contribution in [2.75, 3.05) is 0 Å². The molecule has 2 rings (SSSR count). The van der Waals surface area contributed by atoms with Crippen LogP contribution in [0.2, 0.25) is 0 Å². The number of azo groups is 2. The molecule has 1 heterocycles. The van der Waals surface area contributed by atoms with Gasteiger partial charge < -0.3 is 0 Å². The zero-order valence-electron chi connectivity index (χ0n) is 7.90. The molecular weight excluding hydrogens is 148 g/mol. The van der Waals surface area contributed by atoms with Gasteiger partial charge in [0.1, 0.15) is 6.04 Å². The molecule has 2 heteroatoms. The first kappa shape index (κ1) is 7.96. The Morgan fingerprint density at radius 2 is 2.25 bits per heavy atom. The first-order valence-corrected chi connectivity index (χ1v) is 4.93. The number of hydrogen-bond acceptors (Lipinski definition) is 1. The molecule has 1 aliphatic heterocycles. The van der Waals surface area contributed by atoms with Crippen molar-refractivity contribution in [1.29, 1.82) is 0 Å². The Labute approximate surface area is 74.0 Å². The zero-order chi connectivity index (χ0) is 8.55. The number of nitrogens with zero attached hydrogens (tertiary/aromatic N) is 2. The molecule has 1 unspecified atom stereocenters. The maximum absolute atomic E-state index is 4.61. The van der Waals surface area contributed by atoms with E-state index in [9.17, 15) is 0 Å². The predicted molar refractivity (Wildman–Crippen MR) is 48.1 cm³/mol. The molecule has 2 nitrogen and oxygen atoms in total. The maximum Gasteiger partial charge on any atom is 0.194 e. The largest absolute Gasteiger partial charge is 0.194 e. The molecule has 2 aliphatic rings. The number of hydrogen-bond donors (Lipinski definition) is 0. The summed E-state index contributed by atoms with van der Waals surface area (Å²) in [7, 11) is 0. The Kier molecular flexibility index (Phi) is 1.99. The minimum absolute atomic E-state index is 0.464. The van der Waals surface area contributed by atoms with Crippen molar-refractivity contribution < 1.29 is 4.70 Å². The second kappa shape index (κ2) is 3.00. The normalized spacial score (nSPS) is 28.2. The molecule has 12 heavy (non-hydrogen) atoms. The fourth-order valence-corrected chi connectivity index (χ4v) is 1.60. The summed E-state index contributed by atoms with van der Waals surface area (Å²) in [6, 6.07) is 1.21. The van der Waals surface area contributed by atoms with Crippen LogP contribution in [-0.2, 0) is 0 Å². The molecule has 0 bridgehead atoms. The Hall–Kier alpha value is -0.660. The minimum atomic E-state index is 0.464. The quantitative estimate of drug-likeness (QED) is 0.571. The topological polar surface area (TPSA) is 15.4 Å². The first-order valence-electron chi connectivity index (χ1n) is 4.93. The molecular formula is C10H17N2+. The van der Waals surface area contributed by atoms with E-state index >= 15 is 0 Å². The van der Waals surface area contributed by atoms with E-state index in [4.69, 9.17) is 0 Å². The molecule has 0 aromatic heterocycles. The molecule has 1 atom stereocenters. The van der Waals surface area contributed by atoms with Gasteiger partial charge in [-0.05, 0) is 17.5 Å². The summed E-state index contributed by atoms with van der Waals surface area (Å²) in [4.78, 5) is 0. The van der Waals surface area contributed by atoms with Crippen LogP contribution in [0, 0.1) is 5.92 Å². The van der Waals surface area contributed by atoms with Crippen molar-refractivity contribution in [1.82, 2.24) is 0 Å². The van der Waals surface area contributed by atoms with E-state index in [1.54, 1.807) is 0 Å². The van der Waals surface area contributed by atoms with E-state index in [-0.39, 0.29) is 0 Å². The highest BCUT2D eigenvalue weighted by atomic mass is 15.3. The third kappa shape index (κ3) is 1.74. The molecule has 66 valence electrons. The van der Waals surface area contributed by atoms with Gasteiger partial charge in [0.2, 0.25) is 0 Å². The van der Waals surface area contributed by atoms with Crippen molar-refractivity contribution in [3.8, 4) is 0 Å². The average molecular weight is 165 g/mol. The number of rotatable bonds is 3. The van der Waals surface area contributed by atoms with Crippen LogP contribution in [0.1, 0.15) is 33.1 Å². The highest BCUT2D eigenvalue weighted by Gasteiger charge is 2.36. The molecule has 0 aromatic carbocycles. The summed E-state index contributed by atoms with van der Waals surface area (Å²) in [5.41, 5.74) is 0. The van der Waals surface area contributed by atoms with Crippen molar-refractivity contribution >= 4 is 0 Å². The van der Waals surface area contributed by atoms with E-state index in [1.807, 2.05) is 0 Å². The average Bonchev–Trinajstić information content (AvgIpc) is 2.73. The van der Waals surface area contributed by atoms with Gasteiger partial charge >= 0.3 is 0 Å². The Bertz CT molecular complexity index is 224. The molecule has 1 aliphatic carbocycles. The summed E-state index contributed by atoms with van der Waals surface area (Å²) in [5, 5.41) is 4.61. The Balaban J connectivity index is 1.91. The second-order valence-electron chi connectivity index (χ2n) is 4.27. The van der Waals surface area contributed by atoms with Crippen LogP contribution in [0.3, 0.4) is 0 Å². The van der Waals surface area contributed by atoms with Gasteiger partial charge in [-0.3, -0.25) is 0 Å². The Morgan fingerprint density at radius 1 is 1.50 bits per heavy atom. The van der Waals surface area contributed by atoms with Crippen LogP contribution in [-0.4, -0.2) is 16.8 Å². The molecule has 1 saturated carbocycles. The lowest BCUT2D eigenvalue weighted by Crippen LogP contribution is -2.05. The standard InChI is InChI=1S/C10H17N2/c1-8(2)7-9-5-6-12(11-9)10-3-4-10/h5-6,8-10H,3-4,7H2,1-2H3/q+1. The SMILES string of the molecule is CC(C)CC1C=C[N+](C2CC2)=N1. The first-order chi connectivity index (χ1) is 5.75. The zero-order valence-corrected chi connectivity index (χ0v) is 7.90. The summed E-state index contributed by atoms with van der Waals surface area (Å²) in [5.74, 6) is 0.752. The molecule has 0 N–H and O–H groups in total. The van der Waals surface area contributed by atoms with Crippen molar-refractivity contribution in [2.24, 2.45) is 11.0 Å². The highest BCUT2D eigenvalue weighted by molar-refractivity contribution is 4.92. The monoisotopic (exact) mass is 165 g/mol. The van der Waals surface area contributed by atoms with Crippen molar-refractivity contribution in [3.05, 3.63) is 12.3 Å². The van der Waals surface area contributed by atoms with Crippen LogP contribution in [0.5, 0.6) is 0 Å². The third-order valence-electron chi connectivity index (χ3n) is 2.38. The summed E-state index contributed by atoms with van der Waals surface area (Å²) in [6.07, 6.45) is 8.26. The summed E-state index contributed by atoms with van der Waals surface area (Å²) < 4.78 is 2.16.